The fourth-order valence-electron chi connectivity index (χ4n) is 1.15. The lowest BCUT2D eigenvalue weighted by Crippen LogP contribution is -2.37. The van der Waals surface area contributed by atoms with Crippen molar-refractivity contribution >= 4 is 0 Å². The topological polar surface area (TPSA) is 12.0 Å². The summed E-state index contributed by atoms with van der Waals surface area (Å²) < 4.78 is 24.2. The van der Waals surface area contributed by atoms with Crippen LogP contribution in [0.3, 0.4) is 0 Å². The van der Waals surface area contributed by atoms with Gasteiger partial charge in [-0.05, 0) is 25.3 Å². The molecule has 0 aliphatic heterocycles. The van der Waals surface area contributed by atoms with E-state index in [1.54, 1.807) is 0 Å². The van der Waals surface area contributed by atoms with E-state index >= 15 is 0 Å². The van der Waals surface area contributed by atoms with Crippen LogP contribution in [0, 0.1) is 5.92 Å². The van der Waals surface area contributed by atoms with Crippen LogP contribution in [0.2, 0.25) is 0 Å². The molecule has 0 saturated heterocycles. The summed E-state index contributed by atoms with van der Waals surface area (Å²) in [6.45, 7) is 2.50. The summed E-state index contributed by atoms with van der Waals surface area (Å²) in [5.74, 6) is 0.250. The molecule has 60 valence electrons. The molecule has 1 fully saturated rings. The molecule has 1 unspecified atom stereocenters. The summed E-state index contributed by atoms with van der Waals surface area (Å²) in [7, 11) is 0. The van der Waals surface area contributed by atoms with Gasteiger partial charge in [0, 0.05) is 0 Å². The van der Waals surface area contributed by atoms with Gasteiger partial charge in [-0.1, -0.05) is 6.92 Å². The first-order valence-electron chi connectivity index (χ1n) is 3.77. The van der Waals surface area contributed by atoms with Gasteiger partial charge in [-0.2, -0.15) is 0 Å². The zero-order valence-electron chi connectivity index (χ0n) is 6.11. The van der Waals surface area contributed by atoms with Crippen molar-refractivity contribution in [3.8, 4) is 0 Å². The summed E-state index contributed by atoms with van der Waals surface area (Å²) in [5, 5.41) is 2.79. The van der Waals surface area contributed by atoms with Gasteiger partial charge in [0.1, 0.15) is 0 Å². The predicted molar refractivity (Wildman–Crippen MR) is 36.2 cm³/mol. The minimum atomic E-state index is -2.19. The average Bonchev–Trinajstić information content (AvgIpc) is 2.63. The normalized spacial score (nSPS) is 21.6. The Bertz CT molecular complexity index is 99.8. The van der Waals surface area contributed by atoms with Crippen LogP contribution in [0.5, 0.6) is 0 Å². The maximum absolute atomic E-state index is 12.1. The quantitative estimate of drug-likeness (QED) is 0.640. The predicted octanol–water partition coefficient (Wildman–Crippen LogP) is 1.64. The van der Waals surface area contributed by atoms with E-state index in [-0.39, 0.29) is 5.92 Å². The molecule has 0 radical (unpaired) electrons. The smallest absolute Gasteiger partial charge is 0.253 e. The Hall–Kier alpha value is -0.180. The van der Waals surface area contributed by atoms with Crippen LogP contribution in [0.15, 0.2) is 0 Å². The third-order valence-electron chi connectivity index (χ3n) is 1.84. The van der Waals surface area contributed by atoms with Gasteiger partial charge in [-0.15, -0.1) is 0 Å². The SMILES string of the molecule is CCNC(C(F)F)C1CC1. The van der Waals surface area contributed by atoms with E-state index in [1.807, 2.05) is 6.92 Å². The number of rotatable bonds is 4. The molecule has 10 heavy (non-hydrogen) atoms. The first-order chi connectivity index (χ1) is 4.75. The van der Waals surface area contributed by atoms with Crippen molar-refractivity contribution in [3.05, 3.63) is 0 Å². The van der Waals surface area contributed by atoms with Gasteiger partial charge < -0.3 is 5.32 Å². The molecule has 1 N–H and O–H groups in total. The number of hydrogen-bond donors (Lipinski definition) is 1. The Balaban J connectivity index is 2.26. The standard InChI is InChI=1S/C7H13F2N/c1-2-10-6(7(8)9)5-3-4-5/h5-7,10H,2-4H2,1H3. The van der Waals surface area contributed by atoms with Gasteiger partial charge in [0.2, 0.25) is 0 Å². The van der Waals surface area contributed by atoms with Gasteiger partial charge in [0.25, 0.3) is 6.43 Å². The summed E-state index contributed by atoms with van der Waals surface area (Å²) in [4.78, 5) is 0. The van der Waals surface area contributed by atoms with Gasteiger partial charge in [0.15, 0.2) is 0 Å². The fourth-order valence-corrected chi connectivity index (χ4v) is 1.15. The van der Waals surface area contributed by atoms with E-state index in [9.17, 15) is 8.78 Å². The van der Waals surface area contributed by atoms with E-state index < -0.39 is 12.5 Å². The Morgan fingerprint density at radius 3 is 2.40 bits per heavy atom. The van der Waals surface area contributed by atoms with Crippen LogP contribution >= 0.6 is 0 Å². The Morgan fingerprint density at radius 2 is 2.10 bits per heavy atom. The number of nitrogens with one attached hydrogen (secondary N) is 1. The minimum Gasteiger partial charge on any atom is -0.309 e. The summed E-state index contributed by atoms with van der Waals surface area (Å²) in [6, 6.07) is -0.537. The zero-order valence-corrected chi connectivity index (χ0v) is 6.11. The molecule has 3 heteroatoms. The highest BCUT2D eigenvalue weighted by Gasteiger charge is 2.36. The molecule has 0 spiro atoms. The molecule has 0 aromatic rings. The number of hydrogen-bond acceptors (Lipinski definition) is 1. The highest BCUT2D eigenvalue weighted by molar-refractivity contribution is 4.87. The zero-order chi connectivity index (χ0) is 7.56. The maximum atomic E-state index is 12.1. The van der Waals surface area contributed by atoms with Crippen molar-refractivity contribution in [3.63, 3.8) is 0 Å². The molecule has 0 heterocycles. The van der Waals surface area contributed by atoms with Crippen molar-refractivity contribution in [2.75, 3.05) is 6.54 Å². The van der Waals surface area contributed by atoms with Crippen LogP contribution < -0.4 is 5.32 Å². The molecule has 0 amide bonds. The molecule has 0 bridgehead atoms. The largest absolute Gasteiger partial charge is 0.309 e. The lowest BCUT2D eigenvalue weighted by molar-refractivity contribution is 0.0891. The van der Waals surface area contributed by atoms with Crippen LogP contribution in [0.1, 0.15) is 19.8 Å². The monoisotopic (exact) mass is 149 g/mol. The molecule has 1 nitrogen and oxygen atoms in total. The highest BCUT2D eigenvalue weighted by Crippen LogP contribution is 2.34. The van der Waals surface area contributed by atoms with Gasteiger partial charge in [-0.25, -0.2) is 8.78 Å². The molecule has 1 atom stereocenters. The van der Waals surface area contributed by atoms with E-state index in [4.69, 9.17) is 0 Å². The second kappa shape index (κ2) is 3.28. The maximum Gasteiger partial charge on any atom is 0.253 e. The van der Waals surface area contributed by atoms with E-state index in [0.29, 0.717) is 6.54 Å². The van der Waals surface area contributed by atoms with Gasteiger partial charge in [0.05, 0.1) is 6.04 Å². The van der Waals surface area contributed by atoms with Crippen LogP contribution in [0.4, 0.5) is 8.78 Å². The second-order valence-electron chi connectivity index (χ2n) is 2.76. The van der Waals surface area contributed by atoms with Gasteiger partial charge in [-0.3, -0.25) is 0 Å². The molecule has 0 aromatic carbocycles. The van der Waals surface area contributed by atoms with Crippen molar-refractivity contribution < 1.29 is 8.78 Å². The molecular formula is C7H13F2N. The summed E-state index contributed by atoms with van der Waals surface area (Å²) >= 11 is 0. The Labute approximate surface area is 59.8 Å². The first kappa shape index (κ1) is 7.92. The van der Waals surface area contributed by atoms with Crippen molar-refractivity contribution in [2.24, 2.45) is 5.92 Å². The number of alkyl halides is 2. The van der Waals surface area contributed by atoms with Crippen molar-refractivity contribution in [1.29, 1.82) is 0 Å². The third-order valence-corrected chi connectivity index (χ3v) is 1.84. The van der Waals surface area contributed by atoms with Crippen LogP contribution in [-0.2, 0) is 0 Å². The minimum absolute atomic E-state index is 0.250. The molecule has 0 aromatic heterocycles. The van der Waals surface area contributed by atoms with E-state index in [1.165, 1.54) is 0 Å². The summed E-state index contributed by atoms with van der Waals surface area (Å²) in [6.07, 6.45) is -0.239. The van der Waals surface area contributed by atoms with E-state index in [0.717, 1.165) is 12.8 Å². The molecule has 1 saturated carbocycles. The first-order valence-corrected chi connectivity index (χ1v) is 3.77. The molecule has 1 aliphatic carbocycles. The Morgan fingerprint density at radius 1 is 1.50 bits per heavy atom. The number of halogens is 2. The van der Waals surface area contributed by atoms with Crippen molar-refractivity contribution in [1.82, 2.24) is 5.32 Å². The second-order valence-corrected chi connectivity index (χ2v) is 2.76. The van der Waals surface area contributed by atoms with Crippen LogP contribution in [0.25, 0.3) is 0 Å². The van der Waals surface area contributed by atoms with Gasteiger partial charge >= 0.3 is 0 Å². The van der Waals surface area contributed by atoms with E-state index in [2.05, 4.69) is 5.32 Å². The lowest BCUT2D eigenvalue weighted by atomic mass is 10.2. The molecule has 1 rings (SSSR count). The van der Waals surface area contributed by atoms with Crippen molar-refractivity contribution in [2.45, 2.75) is 32.2 Å². The molecular weight excluding hydrogens is 136 g/mol. The Kier molecular flexibility index (Phi) is 2.60. The third kappa shape index (κ3) is 1.90. The molecule has 1 aliphatic rings. The highest BCUT2D eigenvalue weighted by atomic mass is 19.3. The fraction of sp³-hybridized carbons (Fsp3) is 1.00. The average molecular weight is 149 g/mol. The van der Waals surface area contributed by atoms with Crippen LogP contribution in [-0.4, -0.2) is 19.0 Å². The lowest BCUT2D eigenvalue weighted by Gasteiger charge is -2.14. The summed E-state index contributed by atoms with van der Waals surface area (Å²) in [5.41, 5.74) is 0.